The van der Waals surface area contributed by atoms with Gasteiger partial charge in [-0.3, -0.25) is 14.4 Å². The summed E-state index contributed by atoms with van der Waals surface area (Å²) in [6.07, 6.45) is -5.46. The number of aliphatic hydroxyl groups excluding tert-OH is 2. The normalized spacial score (nSPS) is 31.3. The molecule has 3 aliphatic rings. The molecule has 1 heterocycles. The van der Waals surface area contributed by atoms with Crippen molar-refractivity contribution >= 4 is 33.3 Å². The smallest absolute Gasteiger partial charge is 0.202 e. The lowest BCUT2D eigenvalue weighted by Gasteiger charge is -2.44. The first-order valence-corrected chi connectivity index (χ1v) is 13.4. The Balaban J connectivity index is 1.70. The number of methoxy groups -OCH3 is 1. The summed E-state index contributed by atoms with van der Waals surface area (Å²) in [6, 6.07) is 3.51. The van der Waals surface area contributed by atoms with E-state index in [2.05, 4.69) is 15.9 Å². The highest BCUT2D eigenvalue weighted by molar-refractivity contribution is 9.09. The molecule has 7 atom stereocenters. The van der Waals surface area contributed by atoms with Crippen LogP contribution in [-0.2, 0) is 20.7 Å². The maximum atomic E-state index is 13.7. The van der Waals surface area contributed by atoms with Gasteiger partial charge >= 0.3 is 0 Å². The fraction of sp³-hybridized carbons (Fsp3) is 0.444. The van der Waals surface area contributed by atoms with Crippen LogP contribution in [0, 0.1) is 0 Å². The van der Waals surface area contributed by atoms with Crippen molar-refractivity contribution in [2.24, 2.45) is 5.73 Å². The number of rotatable bonds is 5. The number of halogens is 1. The van der Waals surface area contributed by atoms with Crippen LogP contribution >= 0.6 is 15.9 Å². The number of phenolic OH excluding ortho intramolecular Hbond substituents is 2. The van der Waals surface area contributed by atoms with Crippen LogP contribution in [0.5, 0.6) is 17.2 Å². The van der Waals surface area contributed by atoms with Crippen LogP contribution in [0.3, 0.4) is 0 Å². The van der Waals surface area contributed by atoms with Gasteiger partial charge in [-0.25, -0.2) is 0 Å². The zero-order valence-corrected chi connectivity index (χ0v) is 23.0. The molecule has 2 aliphatic carbocycles. The van der Waals surface area contributed by atoms with Gasteiger partial charge in [0.15, 0.2) is 17.9 Å². The molecule has 1 fully saturated rings. The predicted octanol–water partition coefficient (Wildman–Crippen LogP) is 0.375. The van der Waals surface area contributed by atoms with Gasteiger partial charge in [-0.05, 0) is 13.0 Å². The predicted molar refractivity (Wildman–Crippen MR) is 140 cm³/mol. The highest BCUT2D eigenvalue weighted by Crippen LogP contribution is 2.52. The summed E-state index contributed by atoms with van der Waals surface area (Å²) in [4.78, 5) is 39.1. The molecule has 0 radical (unpaired) electrons. The first-order valence-electron chi connectivity index (χ1n) is 12.5. The zero-order valence-electron chi connectivity index (χ0n) is 21.5. The molecule has 1 aliphatic heterocycles. The second kappa shape index (κ2) is 10.2. The van der Waals surface area contributed by atoms with Crippen molar-refractivity contribution in [1.29, 1.82) is 0 Å². The van der Waals surface area contributed by atoms with E-state index < -0.39 is 100 Å². The average molecular weight is 622 g/mol. The van der Waals surface area contributed by atoms with Crippen LogP contribution in [-0.4, -0.2) is 91.6 Å². The minimum Gasteiger partial charge on any atom is -0.507 e. The number of carbonyl (C=O) groups excluding carboxylic acids is 3. The number of ketones is 3. The molecule has 0 aromatic heterocycles. The SMILES string of the molecule is COc1cccc2c1C(=O)c1c(O)c3c(c(O)c1C2=O)CC(O)(C(=O)CO)CC3O[C@@H]1O[C@H](C)[C@@H](O)[C@@H](N)[C@@H]1Br. The molecule has 0 saturated carbocycles. The molecule has 12 nitrogen and oxygen atoms in total. The van der Waals surface area contributed by atoms with Gasteiger partial charge in [0.25, 0.3) is 0 Å². The minimum atomic E-state index is -2.27. The second-order valence-electron chi connectivity index (χ2n) is 10.2. The molecular weight excluding hydrogens is 594 g/mol. The van der Waals surface area contributed by atoms with Crippen molar-refractivity contribution in [3.05, 3.63) is 51.6 Å². The molecule has 214 valence electrons. The zero-order chi connectivity index (χ0) is 29.3. The number of phenols is 2. The molecule has 1 saturated heterocycles. The first kappa shape index (κ1) is 28.6. The number of Topliss-reactive ketones (excluding diaryl/α,β-unsaturated/α-hetero) is 1. The van der Waals surface area contributed by atoms with Crippen molar-refractivity contribution in [2.75, 3.05) is 13.7 Å². The fourth-order valence-corrected chi connectivity index (χ4v) is 6.28. The Bertz CT molecular complexity index is 1430. The summed E-state index contributed by atoms with van der Waals surface area (Å²) in [7, 11) is 1.32. The van der Waals surface area contributed by atoms with E-state index in [1.54, 1.807) is 6.92 Å². The number of benzene rings is 2. The van der Waals surface area contributed by atoms with Crippen molar-refractivity contribution in [2.45, 2.75) is 60.8 Å². The Morgan fingerprint density at radius 1 is 1.18 bits per heavy atom. The number of ether oxygens (including phenoxy) is 3. The third-order valence-electron chi connectivity index (χ3n) is 7.89. The third-order valence-corrected chi connectivity index (χ3v) is 8.93. The average Bonchev–Trinajstić information content (AvgIpc) is 2.94. The maximum Gasteiger partial charge on any atom is 0.202 e. The summed E-state index contributed by atoms with van der Waals surface area (Å²) >= 11 is 3.34. The Morgan fingerprint density at radius 3 is 2.50 bits per heavy atom. The molecule has 0 amide bonds. The third kappa shape index (κ3) is 4.15. The molecule has 13 heteroatoms. The van der Waals surface area contributed by atoms with Crippen molar-refractivity contribution in [3.63, 3.8) is 0 Å². The van der Waals surface area contributed by atoms with Gasteiger partial charge in [-0.15, -0.1) is 0 Å². The van der Waals surface area contributed by atoms with Crippen molar-refractivity contribution in [3.8, 4) is 17.2 Å². The van der Waals surface area contributed by atoms with Gasteiger partial charge in [0.2, 0.25) is 5.78 Å². The van der Waals surface area contributed by atoms with Crippen LogP contribution in [0.1, 0.15) is 62.4 Å². The van der Waals surface area contributed by atoms with E-state index in [1.807, 2.05) is 0 Å². The number of nitrogens with two attached hydrogens (primary N) is 1. The number of alkyl halides is 1. The number of carbonyl (C=O) groups is 3. The van der Waals surface area contributed by atoms with E-state index in [-0.39, 0.29) is 28.0 Å². The first-order chi connectivity index (χ1) is 18.9. The van der Waals surface area contributed by atoms with Crippen LogP contribution < -0.4 is 10.5 Å². The molecule has 0 spiro atoms. The number of aliphatic hydroxyl groups is 3. The number of fused-ring (bicyclic) bond motifs is 3. The molecule has 2 unspecified atom stereocenters. The van der Waals surface area contributed by atoms with E-state index in [0.717, 1.165) is 0 Å². The Kier molecular flexibility index (Phi) is 7.28. The quantitative estimate of drug-likeness (QED) is 0.169. The van der Waals surface area contributed by atoms with E-state index in [1.165, 1.54) is 25.3 Å². The molecular formula is C27H28BrNO11. The second-order valence-corrected chi connectivity index (χ2v) is 11.3. The van der Waals surface area contributed by atoms with E-state index >= 15 is 0 Å². The van der Waals surface area contributed by atoms with Gasteiger partial charge < -0.3 is 45.5 Å². The van der Waals surface area contributed by atoms with Gasteiger partial charge in [0.1, 0.15) is 29.5 Å². The Morgan fingerprint density at radius 2 is 1.85 bits per heavy atom. The fourth-order valence-electron chi connectivity index (χ4n) is 5.71. The van der Waals surface area contributed by atoms with Gasteiger partial charge in [-0.2, -0.15) is 0 Å². The lowest BCUT2D eigenvalue weighted by molar-refractivity contribution is -0.242. The topological polar surface area (TPSA) is 206 Å². The lowest BCUT2D eigenvalue weighted by Crippen LogP contribution is -2.59. The van der Waals surface area contributed by atoms with Gasteiger partial charge in [-0.1, -0.05) is 28.1 Å². The number of aromatic hydroxyl groups is 2. The van der Waals surface area contributed by atoms with Gasteiger partial charge in [0.05, 0.1) is 53.0 Å². The standard InChI is InChI=1S/C27H28BrNO11/c1-9-21(32)20(29)19(28)26(39-9)40-13-7-27(37,14(31)8-30)6-11-16(13)25(36)18-17(23(11)34)22(33)10-4-3-5-12(38-2)15(10)24(18)35/h3-5,9,13,19-21,26,30,32,34,36-37H,6-8,29H2,1-2H3/t9-,13?,19+,20+,21-,26+,27?/m1/s1. The summed E-state index contributed by atoms with van der Waals surface area (Å²) in [6.45, 7) is 0.533. The molecule has 0 bridgehead atoms. The van der Waals surface area contributed by atoms with Crippen LogP contribution in [0.2, 0.25) is 0 Å². The van der Waals surface area contributed by atoms with Crippen LogP contribution in [0.25, 0.3) is 0 Å². The highest BCUT2D eigenvalue weighted by Gasteiger charge is 2.51. The summed E-state index contributed by atoms with van der Waals surface area (Å²) in [5.74, 6) is -3.85. The van der Waals surface area contributed by atoms with Crippen LogP contribution in [0.4, 0.5) is 0 Å². The highest BCUT2D eigenvalue weighted by atomic mass is 79.9. The molecule has 5 rings (SSSR count). The van der Waals surface area contributed by atoms with Gasteiger partial charge in [0, 0.05) is 29.5 Å². The summed E-state index contributed by atoms with van der Waals surface area (Å²) in [5.41, 5.74) is 2.36. The largest absolute Gasteiger partial charge is 0.507 e. The van der Waals surface area contributed by atoms with Crippen LogP contribution in [0.15, 0.2) is 18.2 Å². The summed E-state index contributed by atoms with van der Waals surface area (Å²) in [5, 5.41) is 54.0. The Hall–Kier alpha value is -2.91. The molecule has 40 heavy (non-hydrogen) atoms. The number of hydrogen-bond donors (Lipinski definition) is 6. The summed E-state index contributed by atoms with van der Waals surface area (Å²) < 4.78 is 17.1. The van der Waals surface area contributed by atoms with E-state index in [0.29, 0.717) is 0 Å². The Labute approximate surface area is 236 Å². The molecule has 7 N–H and O–H groups in total. The van der Waals surface area contributed by atoms with E-state index in [4.69, 9.17) is 19.9 Å². The molecule has 2 aromatic rings. The van der Waals surface area contributed by atoms with E-state index in [9.17, 15) is 39.9 Å². The lowest BCUT2D eigenvalue weighted by atomic mass is 9.72. The number of hydrogen-bond acceptors (Lipinski definition) is 12. The molecule has 2 aromatic carbocycles. The monoisotopic (exact) mass is 621 g/mol. The maximum absolute atomic E-state index is 13.7. The van der Waals surface area contributed by atoms with Crippen molar-refractivity contribution in [1.82, 2.24) is 0 Å². The minimum absolute atomic E-state index is 0.0592. The van der Waals surface area contributed by atoms with Crippen molar-refractivity contribution < 1.29 is 54.1 Å².